The number of aromatic nitrogens is 3. The molecule has 0 radical (unpaired) electrons. The van der Waals surface area contributed by atoms with Crippen LogP contribution in [0.3, 0.4) is 0 Å². The maximum Gasteiger partial charge on any atom is 0.269 e. The van der Waals surface area contributed by atoms with E-state index in [-0.39, 0.29) is 34.9 Å². The second-order valence-corrected chi connectivity index (χ2v) is 10.9. The van der Waals surface area contributed by atoms with Crippen molar-refractivity contribution < 1.29 is 17.6 Å². The number of fused-ring (bicyclic) bond motifs is 1. The molecule has 1 unspecified atom stereocenters. The fourth-order valence-corrected chi connectivity index (χ4v) is 5.73. The number of hydrogen-bond acceptors (Lipinski definition) is 7. The van der Waals surface area contributed by atoms with E-state index in [1.807, 2.05) is 6.92 Å². The minimum absolute atomic E-state index is 0.0565. The molecule has 0 aliphatic carbocycles. The fourth-order valence-electron chi connectivity index (χ4n) is 4.43. The quantitative estimate of drug-likeness (QED) is 0.382. The summed E-state index contributed by atoms with van der Waals surface area (Å²) in [4.78, 5) is 23.3. The van der Waals surface area contributed by atoms with E-state index in [4.69, 9.17) is 0 Å². The number of piperidine rings is 1. The fraction of sp³-hybridized carbons (Fsp3) is 0.269. The lowest BCUT2D eigenvalue weighted by molar-refractivity contribution is -0.130. The molecule has 1 fully saturated rings. The third kappa shape index (κ3) is 5.26. The van der Waals surface area contributed by atoms with Gasteiger partial charge in [-0.25, -0.2) is 26.7 Å². The number of nitrogens with zero attached hydrogens (tertiary/aromatic N) is 4. The van der Waals surface area contributed by atoms with Gasteiger partial charge in [0.05, 0.1) is 16.8 Å². The molecule has 3 heterocycles. The molecular weight excluding hydrogens is 495 g/mol. The van der Waals surface area contributed by atoms with Crippen LogP contribution in [0.25, 0.3) is 11.0 Å². The molecule has 0 bridgehead atoms. The van der Waals surface area contributed by atoms with E-state index in [9.17, 15) is 17.6 Å². The van der Waals surface area contributed by atoms with Gasteiger partial charge in [0, 0.05) is 31.0 Å². The maximum absolute atomic E-state index is 13.2. The van der Waals surface area contributed by atoms with Crippen molar-refractivity contribution in [3.05, 3.63) is 78.5 Å². The van der Waals surface area contributed by atoms with Crippen molar-refractivity contribution >= 4 is 38.5 Å². The summed E-state index contributed by atoms with van der Waals surface area (Å²) < 4.78 is 40.7. The molecule has 2 aromatic heterocycles. The summed E-state index contributed by atoms with van der Waals surface area (Å²) in [7, 11) is -3.82. The van der Waals surface area contributed by atoms with Crippen molar-refractivity contribution in [2.45, 2.75) is 30.7 Å². The van der Waals surface area contributed by atoms with Gasteiger partial charge in [0.25, 0.3) is 10.0 Å². The lowest BCUT2D eigenvalue weighted by Crippen LogP contribution is -2.47. The minimum atomic E-state index is -3.82. The molecule has 9 nitrogen and oxygen atoms in total. The highest BCUT2D eigenvalue weighted by Gasteiger charge is 2.26. The molecule has 0 spiro atoms. The lowest BCUT2D eigenvalue weighted by Gasteiger charge is -2.33. The first-order valence-electron chi connectivity index (χ1n) is 12.0. The van der Waals surface area contributed by atoms with Crippen LogP contribution < -0.4 is 10.6 Å². The van der Waals surface area contributed by atoms with Crippen LogP contribution in [0.5, 0.6) is 0 Å². The van der Waals surface area contributed by atoms with Gasteiger partial charge < -0.3 is 15.5 Å². The molecular formula is C26H27FN6O3S. The lowest BCUT2D eigenvalue weighted by atomic mass is 10.1. The second kappa shape index (κ2) is 10.2. The topological polar surface area (TPSA) is 109 Å². The number of carbonyl (C=O) groups is 1. The third-order valence-corrected chi connectivity index (χ3v) is 8.11. The number of likely N-dealkylation sites (tertiary alicyclic amines) is 1. The SMILES string of the molecule is Cc1ccc(S(=O)(=O)n2ccc3c(NC4CCCN(C(=O)CNc5ccc(F)cc5)C4)ncnc32)cc1. The number of rotatable bonds is 7. The average Bonchev–Trinajstić information content (AvgIpc) is 3.35. The smallest absolute Gasteiger partial charge is 0.269 e. The average molecular weight is 523 g/mol. The van der Waals surface area contributed by atoms with Crippen LogP contribution in [0.15, 0.2) is 72.0 Å². The van der Waals surface area contributed by atoms with Crippen LogP contribution in [0.2, 0.25) is 0 Å². The number of anilines is 2. The van der Waals surface area contributed by atoms with E-state index >= 15 is 0 Å². The van der Waals surface area contributed by atoms with Gasteiger partial charge in [0.2, 0.25) is 5.91 Å². The molecule has 192 valence electrons. The van der Waals surface area contributed by atoms with E-state index < -0.39 is 10.0 Å². The summed E-state index contributed by atoms with van der Waals surface area (Å²) in [6, 6.07) is 14.2. The van der Waals surface area contributed by atoms with Crippen molar-refractivity contribution in [3.8, 4) is 0 Å². The monoisotopic (exact) mass is 522 g/mol. The van der Waals surface area contributed by atoms with Crippen LogP contribution in [-0.2, 0) is 14.8 Å². The van der Waals surface area contributed by atoms with Crippen molar-refractivity contribution in [2.75, 3.05) is 30.3 Å². The Balaban J connectivity index is 1.29. The van der Waals surface area contributed by atoms with Crippen LogP contribution in [-0.4, -0.2) is 58.8 Å². The molecule has 0 saturated carbocycles. The zero-order valence-electron chi connectivity index (χ0n) is 20.3. The summed E-state index contributed by atoms with van der Waals surface area (Å²) in [5.74, 6) is 0.134. The molecule has 1 saturated heterocycles. The molecule has 5 rings (SSSR count). The Morgan fingerprint density at radius 3 is 2.59 bits per heavy atom. The largest absolute Gasteiger partial charge is 0.376 e. The van der Waals surface area contributed by atoms with E-state index in [1.165, 1.54) is 24.7 Å². The Hall–Kier alpha value is -3.99. The van der Waals surface area contributed by atoms with Crippen LogP contribution >= 0.6 is 0 Å². The van der Waals surface area contributed by atoms with Gasteiger partial charge in [0.1, 0.15) is 18.0 Å². The molecule has 2 N–H and O–H groups in total. The first-order valence-corrected chi connectivity index (χ1v) is 13.4. The number of hydrogen-bond donors (Lipinski definition) is 2. The zero-order chi connectivity index (χ0) is 26.0. The highest BCUT2D eigenvalue weighted by molar-refractivity contribution is 7.90. The van der Waals surface area contributed by atoms with Gasteiger partial charge in [0.15, 0.2) is 5.65 Å². The summed E-state index contributed by atoms with van der Waals surface area (Å²) in [6.07, 6.45) is 4.47. The number of nitrogens with one attached hydrogen (secondary N) is 2. The molecule has 1 atom stereocenters. The predicted molar refractivity (Wildman–Crippen MR) is 139 cm³/mol. The minimum Gasteiger partial charge on any atom is -0.376 e. The number of carbonyl (C=O) groups excluding carboxylic acids is 1. The summed E-state index contributed by atoms with van der Waals surface area (Å²) in [5, 5.41) is 7.00. The normalized spacial score (nSPS) is 16.1. The molecule has 1 aliphatic rings. The molecule has 11 heteroatoms. The standard InChI is InChI=1S/C26H27FN6O3S/c1-18-4-10-22(11-5-18)37(35,36)33-14-12-23-25(29-17-30-26(23)33)31-21-3-2-13-32(16-21)24(34)15-28-20-8-6-19(27)7-9-20/h4-12,14,17,21,28H,2-3,13,15-16H2,1H3,(H,29,30,31). The van der Waals surface area contributed by atoms with Gasteiger partial charge in [-0.05, 0) is 62.2 Å². The molecule has 4 aromatic rings. The number of halogens is 1. The number of benzene rings is 2. The van der Waals surface area contributed by atoms with E-state index in [2.05, 4.69) is 20.6 Å². The first kappa shape index (κ1) is 24.7. The Kier molecular flexibility index (Phi) is 6.79. The third-order valence-electron chi connectivity index (χ3n) is 6.43. The van der Waals surface area contributed by atoms with Gasteiger partial charge in [-0.15, -0.1) is 0 Å². The predicted octanol–water partition coefficient (Wildman–Crippen LogP) is 3.63. The van der Waals surface area contributed by atoms with Crippen LogP contribution in [0.4, 0.5) is 15.9 Å². The highest BCUT2D eigenvalue weighted by atomic mass is 32.2. The van der Waals surface area contributed by atoms with E-state index in [0.29, 0.717) is 30.0 Å². The summed E-state index contributed by atoms with van der Waals surface area (Å²) in [5.41, 5.74) is 1.93. The first-order chi connectivity index (χ1) is 17.8. The Labute approximate surface area is 214 Å². The molecule has 2 aromatic carbocycles. The molecule has 37 heavy (non-hydrogen) atoms. The maximum atomic E-state index is 13.2. The molecule has 1 amide bonds. The van der Waals surface area contributed by atoms with Crippen molar-refractivity contribution in [1.29, 1.82) is 0 Å². The van der Waals surface area contributed by atoms with Gasteiger partial charge in [-0.1, -0.05) is 17.7 Å². The highest BCUT2D eigenvalue weighted by Crippen LogP contribution is 2.26. The number of aryl methyl sites for hydroxylation is 1. The number of amides is 1. The Morgan fingerprint density at radius 2 is 1.84 bits per heavy atom. The summed E-state index contributed by atoms with van der Waals surface area (Å²) >= 11 is 0. The Bertz CT molecular complexity index is 1520. The zero-order valence-corrected chi connectivity index (χ0v) is 21.1. The van der Waals surface area contributed by atoms with Crippen LogP contribution in [0.1, 0.15) is 18.4 Å². The molecule has 1 aliphatic heterocycles. The van der Waals surface area contributed by atoms with Crippen molar-refractivity contribution in [2.24, 2.45) is 0 Å². The van der Waals surface area contributed by atoms with E-state index in [0.717, 1.165) is 22.4 Å². The van der Waals surface area contributed by atoms with Crippen molar-refractivity contribution in [1.82, 2.24) is 18.8 Å². The van der Waals surface area contributed by atoms with Crippen molar-refractivity contribution in [3.63, 3.8) is 0 Å². The van der Waals surface area contributed by atoms with Gasteiger partial charge in [-0.2, -0.15) is 0 Å². The Morgan fingerprint density at radius 1 is 1.08 bits per heavy atom. The van der Waals surface area contributed by atoms with Gasteiger partial charge in [-0.3, -0.25) is 4.79 Å². The summed E-state index contributed by atoms with van der Waals surface area (Å²) in [6.45, 7) is 3.13. The van der Waals surface area contributed by atoms with E-state index in [1.54, 1.807) is 47.4 Å². The van der Waals surface area contributed by atoms with Gasteiger partial charge >= 0.3 is 0 Å². The van der Waals surface area contributed by atoms with Crippen LogP contribution in [0, 0.1) is 12.7 Å². The second-order valence-electron chi connectivity index (χ2n) is 9.07.